The van der Waals surface area contributed by atoms with E-state index in [1.54, 1.807) is 23.9 Å². The average molecular weight is 333 g/mol. The Hall–Kier alpha value is -0.550. The Balaban J connectivity index is 1.85. The minimum absolute atomic E-state index is 0.0288. The summed E-state index contributed by atoms with van der Waals surface area (Å²) in [6.45, 7) is 0. The average Bonchev–Trinajstić information content (AvgIpc) is 3.02. The number of hydrogen-bond acceptors (Lipinski definition) is 2. The van der Waals surface area contributed by atoms with Gasteiger partial charge in [-0.15, -0.1) is 0 Å². The lowest BCUT2D eigenvalue weighted by molar-refractivity contribution is -0.138. The van der Waals surface area contributed by atoms with Crippen LogP contribution in [0.25, 0.3) is 0 Å². The Morgan fingerprint density at radius 2 is 2.22 bits per heavy atom. The van der Waals surface area contributed by atoms with Gasteiger partial charge in [-0.2, -0.15) is 11.8 Å². The summed E-state index contributed by atoms with van der Waals surface area (Å²) in [5.74, 6) is 0.452. The monoisotopic (exact) mass is 332 g/mol. The molecule has 0 radical (unpaired) electrons. The fourth-order valence-electron chi connectivity index (χ4n) is 1.90. The largest absolute Gasteiger partial charge is 0.481 e. The SMILES string of the molecule is O=C(O)CC1(CSCc2cc(Br)ccc2F)CC1. The highest BCUT2D eigenvalue weighted by molar-refractivity contribution is 9.10. The van der Waals surface area contributed by atoms with E-state index in [2.05, 4.69) is 15.9 Å². The van der Waals surface area contributed by atoms with Gasteiger partial charge in [-0.1, -0.05) is 15.9 Å². The minimum atomic E-state index is -0.735. The predicted octanol–water partition coefficient (Wildman–Crippen LogP) is 4.08. The van der Waals surface area contributed by atoms with Gasteiger partial charge in [0.1, 0.15) is 5.82 Å². The highest BCUT2D eigenvalue weighted by Gasteiger charge is 2.44. The van der Waals surface area contributed by atoms with Crippen molar-refractivity contribution in [2.24, 2.45) is 5.41 Å². The molecule has 0 heterocycles. The van der Waals surface area contributed by atoms with Gasteiger partial charge in [-0.25, -0.2) is 4.39 Å². The van der Waals surface area contributed by atoms with Gasteiger partial charge in [0.05, 0.1) is 6.42 Å². The molecule has 2 nitrogen and oxygen atoms in total. The molecule has 98 valence electrons. The van der Waals surface area contributed by atoms with Gasteiger partial charge >= 0.3 is 5.97 Å². The van der Waals surface area contributed by atoms with Crippen molar-refractivity contribution < 1.29 is 14.3 Å². The van der Waals surface area contributed by atoms with E-state index in [1.165, 1.54) is 6.07 Å². The summed E-state index contributed by atoms with van der Waals surface area (Å²) in [6, 6.07) is 4.90. The van der Waals surface area contributed by atoms with Crippen LogP contribution in [0, 0.1) is 11.2 Å². The van der Waals surface area contributed by atoms with Crippen LogP contribution in [0.15, 0.2) is 22.7 Å². The molecule has 0 amide bonds. The Bertz CT molecular complexity index is 460. The second-order valence-corrected chi connectivity index (χ2v) is 6.70. The van der Waals surface area contributed by atoms with Gasteiger partial charge in [-0.05, 0) is 47.8 Å². The molecule has 1 aliphatic rings. The minimum Gasteiger partial charge on any atom is -0.481 e. The molecule has 1 N–H and O–H groups in total. The Morgan fingerprint density at radius 1 is 1.50 bits per heavy atom. The summed E-state index contributed by atoms with van der Waals surface area (Å²) in [5, 5.41) is 8.81. The van der Waals surface area contributed by atoms with Crippen molar-refractivity contribution in [1.82, 2.24) is 0 Å². The number of carboxylic acid groups (broad SMARTS) is 1. The molecule has 5 heteroatoms. The summed E-state index contributed by atoms with van der Waals surface area (Å²) in [6.07, 6.45) is 2.20. The van der Waals surface area contributed by atoms with Crippen molar-refractivity contribution in [2.75, 3.05) is 5.75 Å². The predicted molar refractivity (Wildman–Crippen MR) is 74.2 cm³/mol. The van der Waals surface area contributed by atoms with Crippen LogP contribution in [0.4, 0.5) is 4.39 Å². The van der Waals surface area contributed by atoms with Crippen LogP contribution in [0.2, 0.25) is 0 Å². The summed E-state index contributed by atoms with van der Waals surface area (Å²) >= 11 is 4.94. The van der Waals surface area contributed by atoms with Crippen molar-refractivity contribution in [3.8, 4) is 0 Å². The summed E-state index contributed by atoms with van der Waals surface area (Å²) in [4.78, 5) is 10.7. The highest BCUT2D eigenvalue weighted by atomic mass is 79.9. The maximum Gasteiger partial charge on any atom is 0.303 e. The molecule has 2 rings (SSSR count). The number of hydrogen-bond donors (Lipinski definition) is 1. The first-order chi connectivity index (χ1) is 8.51. The Labute approximate surface area is 118 Å². The van der Waals surface area contributed by atoms with E-state index in [4.69, 9.17) is 5.11 Å². The zero-order valence-electron chi connectivity index (χ0n) is 9.79. The van der Waals surface area contributed by atoms with E-state index >= 15 is 0 Å². The molecule has 1 fully saturated rings. The van der Waals surface area contributed by atoms with Crippen molar-refractivity contribution >= 4 is 33.7 Å². The zero-order valence-corrected chi connectivity index (χ0v) is 12.2. The molecule has 1 aromatic carbocycles. The third-order valence-electron chi connectivity index (χ3n) is 3.16. The molecule has 0 unspecified atom stereocenters. The van der Waals surface area contributed by atoms with Gasteiger partial charge in [0, 0.05) is 10.2 Å². The van der Waals surface area contributed by atoms with Crippen LogP contribution in [0.1, 0.15) is 24.8 Å². The Kier molecular flexibility index (Phi) is 4.33. The maximum absolute atomic E-state index is 13.5. The van der Waals surface area contributed by atoms with E-state index in [0.717, 1.165) is 23.1 Å². The van der Waals surface area contributed by atoms with Crippen LogP contribution in [-0.2, 0) is 10.5 Å². The number of aliphatic carboxylic acids is 1. The van der Waals surface area contributed by atoms with Crippen molar-refractivity contribution in [1.29, 1.82) is 0 Å². The fourth-order valence-corrected chi connectivity index (χ4v) is 3.68. The molecule has 1 saturated carbocycles. The molecular formula is C13H14BrFO2S. The molecular weight excluding hydrogens is 319 g/mol. The van der Waals surface area contributed by atoms with E-state index in [-0.39, 0.29) is 17.7 Å². The lowest BCUT2D eigenvalue weighted by Crippen LogP contribution is -2.11. The molecule has 0 aliphatic heterocycles. The second-order valence-electron chi connectivity index (χ2n) is 4.80. The third-order valence-corrected chi connectivity index (χ3v) is 4.98. The first-order valence-electron chi connectivity index (χ1n) is 5.74. The first kappa shape index (κ1) is 13.9. The number of halogens is 2. The Morgan fingerprint density at radius 3 is 2.83 bits per heavy atom. The molecule has 1 aliphatic carbocycles. The number of benzene rings is 1. The van der Waals surface area contributed by atoms with Crippen molar-refractivity contribution in [2.45, 2.75) is 25.0 Å². The fraction of sp³-hybridized carbons (Fsp3) is 0.462. The zero-order chi connectivity index (χ0) is 13.2. The van der Waals surface area contributed by atoms with Gasteiger partial charge in [0.15, 0.2) is 0 Å². The topological polar surface area (TPSA) is 37.3 Å². The molecule has 0 aromatic heterocycles. The van der Waals surface area contributed by atoms with Crippen LogP contribution >= 0.6 is 27.7 Å². The number of carbonyl (C=O) groups is 1. The maximum atomic E-state index is 13.5. The molecule has 0 bridgehead atoms. The molecule has 1 aromatic rings. The van der Waals surface area contributed by atoms with Gasteiger partial charge in [0.2, 0.25) is 0 Å². The summed E-state index contributed by atoms with van der Waals surface area (Å²) in [5.41, 5.74) is 0.638. The molecule has 18 heavy (non-hydrogen) atoms. The van der Waals surface area contributed by atoms with Crippen molar-refractivity contribution in [3.63, 3.8) is 0 Å². The van der Waals surface area contributed by atoms with E-state index < -0.39 is 5.97 Å². The first-order valence-corrected chi connectivity index (χ1v) is 7.69. The van der Waals surface area contributed by atoms with E-state index in [0.29, 0.717) is 11.3 Å². The standard InChI is InChI=1S/C13H14BrFO2S/c14-10-1-2-11(15)9(5-10)7-18-8-13(3-4-13)6-12(16)17/h1-2,5H,3-4,6-8H2,(H,16,17). The van der Waals surface area contributed by atoms with Gasteiger partial charge in [0.25, 0.3) is 0 Å². The highest BCUT2D eigenvalue weighted by Crippen LogP contribution is 2.51. The molecule has 0 spiro atoms. The normalized spacial score (nSPS) is 16.6. The van der Waals surface area contributed by atoms with Crippen LogP contribution in [0.5, 0.6) is 0 Å². The smallest absolute Gasteiger partial charge is 0.303 e. The molecule has 0 atom stereocenters. The van der Waals surface area contributed by atoms with Crippen LogP contribution in [0.3, 0.4) is 0 Å². The second kappa shape index (κ2) is 5.61. The number of carboxylic acids is 1. The van der Waals surface area contributed by atoms with E-state index in [9.17, 15) is 9.18 Å². The number of rotatable bonds is 6. The summed E-state index contributed by atoms with van der Waals surface area (Å²) in [7, 11) is 0. The number of thioether (sulfide) groups is 1. The lowest BCUT2D eigenvalue weighted by atomic mass is 10.1. The summed E-state index contributed by atoms with van der Waals surface area (Å²) < 4.78 is 14.4. The van der Waals surface area contributed by atoms with E-state index in [1.807, 2.05) is 0 Å². The lowest BCUT2D eigenvalue weighted by Gasteiger charge is -2.12. The van der Waals surface area contributed by atoms with Gasteiger partial charge in [-0.3, -0.25) is 4.79 Å². The van der Waals surface area contributed by atoms with Crippen LogP contribution in [-0.4, -0.2) is 16.8 Å². The quantitative estimate of drug-likeness (QED) is 0.852. The van der Waals surface area contributed by atoms with Gasteiger partial charge < -0.3 is 5.11 Å². The third kappa shape index (κ3) is 3.72. The molecule has 0 saturated heterocycles. The van der Waals surface area contributed by atoms with Crippen LogP contribution < -0.4 is 0 Å². The van der Waals surface area contributed by atoms with Crippen molar-refractivity contribution in [3.05, 3.63) is 34.1 Å².